The van der Waals surface area contributed by atoms with Crippen LogP contribution in [0, 0.1) is 0 Å². The third-order valence-corrected chi connectivity index (χ3v) is 4.84. The summed E-state index contributed by atoms with van der Waals surface area (Å²) >= 11 is 17.2. The van der Waals surface area contributed by atoms with E-state index in [1.54, 1.807) is 4.72 Å². The van der Waals surface area contributed by atoms with Crippen LogP contribution in [0.5, 0.6) is 0 Å². The van der Waals surface area contributed by atoms with Crippen LogP contribution in [0.2, 0.25) is 15.1 Å². The Balaban J connectivity index is 3.23. The Hall–Kier alpha value is -1.06. The molecule has 0 heterocycles. The zero-order valence-electron chi connectivity index (χ0n) is 10.1. The minimum absolute atomic E-state index is 0.107. The van der Waals surface area contributed by atoms with Crippen LogP contribution < -0.4 is 10.5 Å². The van der Waals surface area contributed by atoms with Crippen molar-refractivity contribution in [1.29, 1.82) is 0 Å². The molecule has 0 aliphatic rings. The number of carbonyl (C=O) groups excluding carboxylic acids is 1. The average molecular weight is 376 g/mol. The molecule has 1 amide bonds. The fraction of sp³-hybridized carbons (Fsp3) is 0.200. The summed E-state index contributed by atoms with van der Waals surface area (Å²) in [4.78, 5) is 21.2. The van der Waals surface area contributed by atoms with Crippen molar-refractivity contribution in [2.45, 2.75) is 17.4 Å². The number of rotatable bonds is 6. The van der Waals surface area contributed by atoms with Gasteiger partial charge in [-0.05, 0) is 12.1 Å². The van der Waals surface area contributed by atoms with Gasteiger partial charge in [0.05, 0.1) is 16.5 Å². The van der Waals surface area contributed by atoms with E-state index in [2.05, 4.69) is 0 Å². The van der Waals surface area contributed by atoms with E-state index in [4.69, 9.17) is 45.6 Å². The van der Waals surface area contributed by atoms with Crippen molar-refractivity contribution in [3.05, 3.63) is 27.2 Å². The summed E-state index contributed by atoms with van der Waals surface area (Å²) in [6.45, 7) is 0. The zero-order valence-corrected chi connectivity index (χ0v) is 13.2. The van der Waals surface area contributed by atoms with Gasteiger partial charge < -0.3 is 10.8 Å². The first-order valence-corrected chi connectivity index (χ1v) is 7.84. The van der Waals surface area contributed by atoms with Crippen molar-refractivity contribution in [2.24, 2.45) is 5.73 Å². The molecule has 0 unspecified atom stereocenters. The highest BCUT2D eigenvalue weighted by Crippen LogP contribution is 2.32. The van der Waals surface area contributed by atoms with Gasteiger partial charge in [0.15, 0.2) is 0 Å². The molecule has 0 radical (unpaired) electrons. The predicted octanol–water partition coefficient (Wildman–Crippen LogP) is 1.25. The second-order valence-corrected chi connectivity index (χ2v) is 6.78. The van der Waals surface area contributed by atoms with Gasteiger partial charge >= 0.3 is 5.97 Å². The first-order valence-electron chi connectivity index (χ1n) is 5.22. The van der Waals surface area contributed by atoms with Gasteiger partial charge in [0.1, 0.15) is 10.9 Å². The highest BCUT2D eigenvalue weighted by molar-refractivity contribution is 7.89. The SMILES string of the molecule is NC(=O)C[C@@H](NS(=O)(=O)c1c(Cl)cc(Cl)cc1Cl)C(=O)O. The molecule has 11 heteroatoms. The molecule has 1 atom stereocenters. The van der Waals surface area contributed by atoms with Crippen molar-refractivity contribution in [3.63, 3.8) is 0 Å². The first kappa shape index (κ1) is 18.0. The lowest BCUT2D eigenvalue weighted by Gasteiger charge is -2.15. The van der Waals surface area contributed by atoms with Crippen LogP contribution in [-0.2, 0) is 19.6 Å². The van der Waals surface area contributed by atoms with Gasteiger partial charge in [-0.3, -0.25) is 9.59 Å². The molecule has 4 N–H and O–H groups in total. The number of carboxylic acid groups (broad SMARTS) is 1. The molecule has 7 nitrogen and oxygen atoms in total. The third kappa shape index (κ3) is 4.72. The normalized spacial score (nSPS) is 12.9. The molecule has 116 valence electrons. The van der Waals surface area contributed by atoms with Gasteiger partial charge in [-0.25, -0.2) is 8.42 Å². The number of halogens is 3. The monoisotopic (exact) mass is 374 g/mol. The molecule has 1 rings (SSSR count). The summed E-state index contributed by atoms with van der Waals surface area (Å²) in [6, 6.07) is 0.524. The summed E-state index contributed by atoms with van der Waals surface area (Å²) in [5.41, 5.74) is 4.86. The Morgan fingerprint density at radius 3 is 2.10 bits per heavy atom. The second kappa shape index (κ2) is 6.80. The molecule has 21 heavy (non-hydrogen) atoms. The molecule has 0 bridgehead atoms. The van der Waals surface area contributed by atoms with Crippen LogP contribution in [0.4, 0.5) is 0 Å². The van der Waals surface area contributed by atoms with E-state index in [9.17, 15) is 18.0 Å². The van der Waals surface area contributed by atoms with E-state index < -0.39 is 39.3 Å². The summed E-state index contributed by atoms with van der Waals surface area (Å²) < 4.78 is 26.1. The predicted molar refractivity (Wildman–Crippen MR) is 77.0 cm³/mol. The quantitative estimate of drug-likeness (QED) is 0.689. The highest BCUT2D eigenvalue weighted by atomic mass is 35.5. The van der Waals surface area contributed by atoms with Gasteiger partial charge in [-0.1, -0.05) is 34.8 Å². The Morgan fingerprint density at radius 2 is 1.71 bits per heavy atom. The van der Waals surface area contributed by atoms with E-state index in [0.29, 0.717) is 0 Å². The molecule has 0 aliphatic carbocycles. The molecule has 0 saturated heterocycles. The van der Waals surface area contributed by atoms with E-state index in [1.165, 1.54) is 0 Å². The third-order valence-electron chi connectivity index (χ3n) is 2.23. The number of primary amides is 1. The molecular formula is C10H9Cl3N2O5S. The Labute approximate surface area is 135 Å². The number of nitrogens with one attached hydrogen (secondary N) is 1. The van der Waals surface area contributed by atoms with Crippen LogP contribution in [0.1, 0.15) is 6.42 Å². The molecule has 0 fully saturated rings. The number of aliphatic carboxylic acids is 1. The second-order valence-electron chi connectivity index (χ2n) is 3.88. The summed E-state index contributed by atoms with van der Waals surface area (Å²) in [7, 11) is -4.39. The molecule has 1 aromatic rings. The largest absolute Gasteiger partial charge is 0.480 e. The number of carboxylic acids is 1. The van der Waals surface area contributed by atoms with Crippen molar-refractivity contribution < 1.29 is 23.1 Å². The lowest BCUT2D eigenvalue weighted by molar-refractivity contribution is -0.140. The number of benzene rings is 1. The van der Waals surface area contributed by atoms with Crippen molar-refractivity contribution in [1.82, 2.24) is 4.72 Å². The lowest BCUT2D eigenvalue weighted by Crippen LogP contribution is -2.43. The first-order chi connectivity index (χ1) is 9.54. The smallest absolute Gasteiger partial charge is 0.322 e. The number of nitrogens with two attached hydrogens (primary N) is 1. The van der Waals surface area contributed by atoms with Crippen LogP contribution in [0.15, 0.2) is 17.0 Å². The minimum Gasteiger partial charge on any atom is -0.480 e. The maximum absolute atomic E-state index is 12.1. The number of amides is 1. The molecule has 0 aromatic heterocycles. The number of sulfonamides is 1. The minimum atomic E-state index is -4.39. The molecular weight excluding hydrogens is 367 g/mol. The van der Waals surface area contributed by atoms with Gasteiger partial charge in [0.2, 0.25) is 15.9 Å². The summed E-state index contributed by atoms with van der Waals surface area (Å²) in [6.07, 6.45) is -0.725. The van der Waals surface area contributed by atoms with Crippen molar-refractivity contribution in [2.75, 3.05) is 0 Å². The standard InChI is InChI=1S/C10H9Cl3N2O5S/c11-4-1-5(12)9(6(13)2-4)21(19,20)15-7(10(17)18)3-8(14)16/h1-2,7,15H,3H2,(H2,14,16)(H,17,18)/t7-/m1/s1. The van der Waals surface area contributed by atoms with Crippen LogP contribution in [-0.4, -0.2) is 31.4 Å². The van der Waals surface area contributed by atoms with Gasteiger partial charge in [0, 0.05) is 5.02 Å². The molecule has 0 spiro atoms. The van der Waals surface area contributed by atoms with Gasteiger partial charge in [-0.15, -0.1) is 0 Å². The van der Waals surface area contributed by atoms with E-state index in [1.807, 2.05) is 0 Å². The molecule has 1 aromatic carbocycles. The maximum atomic E-state index is 12.1. The van der Waals surface area contributed by atoms with Gasteiger partial charge in [-0.2, -0.15) is 4.72 Å². The topological polar surface area (TPSA) is 127 Å². The number of carbonyl (C=O) groups is 2. The molecule has 0 saturated carbocycles. The van der Waals surface area contributed by atoms with E-state index in [-0.39, 0.29) is 15.1 Å². The van der Waals surface area contributed by atoms with E-state index in [0.717, 1.165) is 12.1 Å². The lowest BCUT2D eigenvalue weighted by atomic mass is 10.2. The zero-order chi connectivity index (χ0) is 16.4. The van der Waals surface area contributed by atoms with Crippen LogP contribution >= 0.6 is 34.8 Å². The average Bonchev–Trinajstić information content (AvgIpc) is 2.24. The van der Waals surface area contributed by atoms with Gasteiger partial charge in [0.25, 0.3) is 0 Å². The van der Waals surface area contributed by atoms with Crippen LogP contribution in [0.25, 0.3) is 0 Å². The number of hydrogen-bond donors (Lipinski definition) is 3. The summed E-state index contributed by atoms with van der Waals surface area (Å²) in [5, 5.41) is 8.42. The Bertz CT molecular complexity index is 669. The highest BCUT2D eigenvalue weighted by Gasteiger charge is 2.30. The van der Waals surface area contributed by atoms with E-state index >= 15 is 0 Å². The maximum Gasteiger partial charge on any atom is 0.322 e. The fourth-order valence-corrected chi connectivity index (χ4v) is 4.15. The molecule has 0 aliphatic heterocycles. The van der Waals surface area contributed by atoms with Crippen molar-refractivity contribution >= 4 is 56.7 Å². The van der Waals surface area contributed by atoms with Crippen molar-refractivity contribution in [3.8, 4) is 0 Å². The number of hydrogen-bond acceptors (Lipinski definition) is 4. The fourth-order valence-electron chi connectivity index (χ4n) is 1.41. The Morgan fingerprint density at radius 1 is 1.24 bits per heavy atom. The van der Waals surface area contributed by atoms with Crippen LogP contribution in [0.3, 0.4) is 0 Å². The summed E-state index contributed by atoms with van der Waals surface area (Å²) in [5.74, 6) is -2.56. The Kier molecular flexibility index (Phi) is 5.83.